The lowest BCUT2D eigenvalue weighted by molar-refractivity contribution is 0.180. The zero-order chi connectivity index (χ0) is 15.4. The van der Waals surface area contributed by atoms with Crippen LogP contribution in [0.1, 0.15) is 24.5 Å². The highest BCUT2D eigenvalue weighted by atomic mass is 19.1. The molecule has 0 saturated carbocycles. The Balaban J connectivity index is 1.51. The summed E-state index contributed by atoms with van der Waals surface area (Å²) in [5.74, 6) is 0.892. The summed E-state index contributed by atoms with van der Waals surface area (Å²) in [5.41, 5.74) is 2.13. The number of aliphatic imine (C=N–C) groups is 1. The Morgan fingerprint density at radius 1 is 1.23 bits per heavy atom. The molecule has 0 unspecified atom stereocenters. The van der Waals surface area contributed by atoms with Crippen LogP contribution in [0.2, 0.25) is 0 Å². The SMILES string of the molecule is CCNCCCN1CCN(C2=NCc3cc(F)ccc32)CC1. The summed E-state index contributed by atoms with van der Waals surface area (Å²) >= 11 is 0. The van der Waals surface area contributed by atoms with Gasteiger partial charge in [-0.15, -0.1) is 0 Å². The van der Waals surface area contributed by atoms with Crippen LogP contribution in [0.3, 0.4) is 0 Å². The first kappa shape index (κ1) is 15.4. The Kier molecular flexibility index (Phi) is 5.05. The third-order valence-corrected chi connectivity index (χ3v) is 4.46. The predicted molar refractivity (Wildman–Crippen MR) is 87.8 cm³/mol. The highest BCUT2D eigenvalue weighted by Gasteiger charge is 2.25. The van der Waals surface area contributed by atoms with Crippen molar-refractivity contribution in [2.75, 3.05) is 45.8 Å². The van der Waals surface area contributed by atoms with Gasteiger partial charge in [0.05, 0.1) is 6.54 Å². The van der Waals surface area contributed by atoms with Crippen LogP contribution >= 0.6 is 0 Å². The molecule has 2 aliphatic rings. The summed E-state index contributed by atoms with van der Waals surface area (Å²) in [7, 11) is 0. The molecule has 22 heavy (non-hydrogen) atoms. The predicted octanol–water partition coefficient (Wildman–Crippen LogP) is 1.70. The normalized spacial score (nSPS) is 18.5. The van der Waals surface area contributed by atoms with Crippen molar-refractivity contribution in [2.45, 2.75) is 19.9 Å². The number of nitrogens with one attached hydrogen (secondary N) is 1. The van der Waals surface area contributed by atoms with Crippen LogP contribution in [-0.2, 0) is 6.54 Å². The first-order chi connectivity index (χ1) is 10.8. The van der Waals surface area contributed by atoms with E-state index >= 15 is 0 Å². The van der Waals surface area contributed by atoms with E-state index in [1.54, 1.807) is 6.07 Å². The maximum atomic E-state index is 13.3. The highest BCUT2D eigenvalue weighted by molar-refractivity contribution is 6.02. The number of halogens is 1. The number of fused-ring (bicyclic) bond motifs is 1. The summed E-state index contributed by atoms with van der Waals surface area (Å²) in [4.78, 5) is 9.50. The summed E-state index contributed by atoms with van der Waals surface area (Å²) in [6.07, 6.45) is 1.21. The van der Waals surface area contributed by atoms with Crippen LogP contribution < -0.4 is 5.32 Å². The molecule has 1 fully saturated rings. The van der Waals surface area contributed by atoms with Crippen molar-refractivity contribution < 1.29 is 4.39 Å². The molecule has 3 rings (SSSR count). The standard InChI is InChI=1S/C17H25FN4/c1-2-19-6-3-7-21-8-10-22(11-9-21)17-16-5-4-15(18)12-14(16)13-20-17/h4-5,12,19H,2-3,6-11,13H2,1H3. The van der Waals surface area contributed by atoms with Gasteiger partial charge in [-0.25, -0.2) is 4.39 Å². The van der Waals surface area contributed by atoms with Gasteiger partial charge in [0, 0.05) is 31.7 Å². The van der Waals surface area contributed by atoms with E-state index in [-0.39, 0.29) is 5.82 Å². The van der Waals surface area contributed by atoms with E-state index in [9.17, 15) is 4.39 Å². The Labute approximate surface area is 132 Å². The third kappa shape index (κ3) is 3.47. The first-order valence-electron chi connectivity index (χ1n) is 8.29. The summed E-state index contributed by atoms with van der Waals surface area (Å²) in [6, 6.07) is 5.03. The fraction of sp³-hybridized carbons (Fsp3) is 0.588. The van der Waals surface area contributed by atoms with Gasteiger partial charge in [0.25, 0.3) is 0 Å². The number of piperazine rings is 1. The van der Waals surface area contributed by atoms with Crippen molar-refractivity contribution in [3.8, 4) is 0 Å². The lowest BCUT2D eigenvalue weighted by Crippen LogP contribution is -2.49. The lowest BCUT2D eigenvalue weighted by atomic mass is 10.1. The van der Waals surface area contributed by atoms with E-state index < -0.39 is 0 Å². The van der Waals surface area contributed by atoms with Gasteiger partial charge in [-0.3, -0.25) is 9.89 Å². The zero-order valence-electron chi connectivity index (χ0n) is 13.3. The van der Waals surface area contributed by atoms with Gasteiger partial charge in [0.1, 0.15) is 11.7 Å². The van der Waals surface area contributed by atoms with Gasteiger partial charge in [0.15, 0.2) is 0 Å². The minimum Gasteiger partial charge on any atom is -0.354 e. The first-order valence-corrected chi connectivity index (χ1v) is 8.29. The van der Waals surface area contributed by atoms with E-state index in [4.69, 9.17) is 0 Å². The van der Waals surface area contributed by atoms with Crippen LogP contribution in [0.5, 0.6) is 0 Å². The second kappa shape index (κ2) is 7.20. The Hall–Kier alpha value is -1.46. The van der Waals surface area contributed by atoms with E-state index in [2.05, 4.69) is 27.0 Å². The summed E-state index contributed by atoms with van der Waals surface area (Å²) in [5, 5.41) is 3.37. The number of hydrogen-bond acceptors (Lipinski definition) is 4. The zero-order valence-corrected chi connectivity index (χ0v) is 13.3. The van der Waals surface area contributed by atoms with Crippen molar-refractivity contribution >= 4 is 5.84 Å². The van der Waals surface area contributed by atoms with Crippen molar-refractivity contribution in [1.82, 2.24) is 15.1 Å². The molecule has 5 heteroatoms. The van der Waals surface area contributed by atoms with Gasteiger partial charge in [-0.1, -0.05) is 6.92 Å². The molecular weight excluding hydrogens is 279 g/mol. The fourth-order valence-electron chi connectivity index (χ4n) is 3.21. The Bertz CT molecular complexity index is 535. The van der Waals surface area contributed by atoms with E-state index in [0.29, 0.717) is 6.54 Å². The van der Waals surface area contributed by atoms with Crippen molar-refractivity contribution in [2.24, 2.45) is 4.99 Å². The molecule has 2 aliphatic heterocycles. The van der Waals surface area contributed by atoms with Crippen LogP contribution in [0, 0.1) is 5.82 Å². The minimum atomic E-state index is -0.166. The molecule has 0 aromatic heterocycles. The number of nitrogens with zero attached hydrogens (tertiary/aromatic N) is 3. The van der Waals surface area contributed by atoms with Gasteiger partial charge in [-0.2, -0.15) is 0 Å². The smallest absolute Gasteiger partial charge is 0.131 e. The number of rotatable bonds is 5. The third-order valence-electron chi connectivity index (χ3n) is 4.46. The molecule has 1 N–H and O–H groups in total. The monoisotopic (exact) mass is 304 g/mol. The molecule has 1 aromatic carbocycles. The molecule has 4 nitrogen and oxygen atoms in total. The van der Waals surface area contributed by atoms with Gasteiger partial charge in [0.2, 0.25) is 0 Å². The molecule has 2 heterocycles. The molecule has 0 bridgehead atoms. The molecule has 0 atom stereocenters. The lowest BCUT2D eigenvalue weighted by Gasteiger charge is -2.36. The largest absolute Gasteiger partial charge is 0.354 e. The molecule has 0 spiro atoms. The number of benzene rings is 1. The van der Waals surface area contributed by atoms with Crippen LogP contribution in [-0.4, -0.2) is 61.4 Å². The molecule has 0 amide bonds. The molecule has 1 aromatic rings. The van der Waals surface area contributed by atoms with Crippen LogP contribution in [0.4, 0.5) is 4.39 Å². The van der Waals surface area contributed by atoms with E-state index in [1.165, 1.54) is 12.5 Å². The number of hydrogen-bond donors (Lipinski definition) is 1. The molecule has 120 valence electrons. The average molecular weight is 304 g/mol. The number of amidine groups is 1. The van der Waals surface area contributed by atoms with Crippen LogP contribution in [0.15, 0.2) is 23.2 Å². The second-order valence-electron chi connectivity index (χ2n) is 5.98. The molecule has 0 radical (unpaired) electrons. The van der Waals surface area contributed by atoms with E-state index in [1.807, 2.05) is 6.07 Å². The topological polar surface area (TPSA) is 30.9 Å². The van der Waals surface area contributed by atoms with Gasteiger partial charge < -0.3 is 10.2 Å². The van der Waals surface area contributed by atoms with Crippen molar-refractivity contribution in [3.63, 3.8) is 0 Å². The Morgan fingerprint density at radius 3 is 2.82 bits per heavy atom. The van der Waals surface area contributed by atoms with Crippen molar-refractivity contribution in [1.29, 1.82) is 0 Å². The quantitative estimate of drug-likeness (QED) is 0.840. The van der Waals surface area contributed by atoms with Gasteiger partial charge >= 0.3 is 0 Å². The second-order valence-corrected chi connectivity index (χ2v) is 5.98. The maximum absolute atomic E-state index is 13.3. The van der Waals surface area contributed by atoms with Crippen molar-refractivity contribution in [3.05, 3.63) is 35.1 Å². The average Bonchev–Trinajstić information content (AvgIpc) is 2.95. The molecular formula is C17H25FN4. The molecule has 0 aliphatic carbocycles. The minimum absolute atomic E-state index is 0.166. The van der Waals surface area contributed by atoms with Gasteiger partial charge in [-0.05, 0) is 49.8 Å². The summed E-state index contributed by atoms with van der Waals surface area (Å²) < 4.78 is 13.3. The Morgan fingerprint density at radius 2 is 2.05 bits per heavy atom. The fourth-order valence-corrected chi connectivity index (χ4v) is 3.21. The highest BCUT2D eigenvalue weighted by Crippen LogP contribution is 2.22. The van der Waals surface area contributed by atoms with E-state index in [0.717, 1.165) is 62.8 Å². The van der Waals surface area contributed by atoms with Crippen LogP contribution in [0.25, 0.3) is 0 Å². The maximum Gasteiger partial charge on any atom is 0.131 e. The molecule has 1 saturated heterocycles. The summed E-state index contributed by atoms with van der Waals surface area (Å²) in [6.45, 7) is 10.3.